The predicted molar refractivity (Wildman–Crippen MR) is 80.3 cm³/mol. The Labute approximate surface area is 123 Å². The van der Waals surface area contributed by atoms with Crippen molar-refractivity contribution in [1.29, 1.82) is 0 Å². The maximum atomic E-state index is 11.7. The third kappa shape index (κ3) is 3.92. The highest BCUT2D eigenvalue weighted by Gasteiger charge is 2.26. The lowest BCUT2D eigenvalue weighted by molar-refractivity contribution is -0.386. The van der Waals surface area contributed by atoms with E-state index in [-0.39, 0.29) is 16.3 Å². The van der Waals surface area contributed by atoms with Crippen molar-refractivity contribution in [3.05, 3.63) is 28.3 Å². The van der Waals surface area contributed by atoms with Crippen molar-refractivity contribution in [2.75, 3.05) is 31.2 Å². The van der Waals surface area contributed by atoms with E-state index < -0.39 is 14.8 Å². The molecule has 1 aliphatic heterocycles. The monoisotopic (exact) mass is 313 g/mol. The Hall–Kier alpha value is -1.67. The van der Waals surface area contributed by atoms with Crippen molar-refractivity contribution in [3.63, 3.8) is 0 Å². The minimum absolute atomic E-state index is 0.251. The molecule has 1 aromatic rings. The second-order valence-electron chi connectivity index (χ2n) is 5.27. The van der Waals surface area contributed by atoms with Crippen LogP contribution < -0.4 is 10.6 Å². The molecule has 1 heterocycles. The topological polar surface area (TPSA) is 101 Å². The number of benzene rings is 1. The molecule has 21 heavy (non-hydrogen) atoms. The van der Waals surface area contributed by atoms with Gasteiger partial charge in [0.05, 0.1) is 4.92 Å². The van der Waals surface area contributed by atoms with E-state index in [4.69, 9.17) is 0 Å². The molecule has 0 aliphatic carbocycles. The third-order valence-electron chi connectivity index (χ3n) is 3.56. The molecule has 8 heteroatoms. The van der Waals surface area contributed by atoms with Crippen LogP contribution in [0.3, 0.4) is 0 Å². The fraction of sp³-hybridized carbons (Fsp3) is 0.538. The smallest absolute Gasteiger partial charge is 0.310 e. The lowest BCUT2D eigenvalue weighted by Gasteiger charge is -2.23. The number of rotatable bonds is 5. The number of nitrogens with zero attached hydrogens (tertiary/aromatic N) is 1. The molecule has 7 nitrogen and oxygen atoms in total. The molecule has 0 amide bonds. The summed E-state index contributed by atoms with van der Waals surface area (Å²) < 4.78 is 23.3. The predicted octanol–water partition coefficient (Wildman–Crippen LogP) is 1.41. The number of nitro groups is 1. The van der Waals surface area contributed by atoms with E-state index in [1.807, 2.05) is 0 Å². The van der Waals surface area contributed by atoms with Crippen LogP contribution in [-0.4, -0.2) is 39.2 Å². The van der Waals surface area contributed by atoms with E-state index in [1.165, 1.54) is 12.1 Å². The van der Waals surface area contributed by atoms with Gasteiger partial charge in [0.15, 0.2) is 9.84 Å². The zero-order valence-corrected chi connectivity index (χ0v) is 12.6. The number of nitrogens with one attached hydrogen (secondary N) is 2. The van der Waals surface area contributed by atoms with Crippen LogP contribution in [0.5, 0.6) is 0 Å². The fourth-order valence-electron chi connectivity index (χ4n) is 2.51. The number of para-hydroxylation sites is 1. The van der Waals surface area contributed by atoms with Gasteiger partial charge in [-0.05, 0) is 44.0 Å². The number of piperidine rings is 1. The quantitative estimate of drug-likeness (QED) is 0.629. The van der Waals surface area contributed by atoms with Crippen LogP contribution in [0, 0.1) is 16.0 Å². The van der Waals surface area contributed by atoms with E-state index in [9.17, 15) is 18.5 Å². The summed E-state index contributed by atoms with van der Waals surface area (Å²) in [6.45, 7) is 2.45. The van der Waals surface area contributed by atoms with Crippen molar-refractivity contribution in [1.82, 2.24) is 5.32 Å². The molecule has 1 aromatic carbocycles. The number of nitro benzene ring substituents is 1. The highest BCUT2D eigenvalue weighted by molar-refractivity contribution is 7.90. The van der Waals surface area contributed by atoms with Crippen LogP contribution in [0.2, 0.25) is 0 Å². The van der Waals surface area contributed by atoms with Crippen molar-refractivity contribution in [2.45, 2.75) is 17.7 Å². The molecule has 116 valence electrons. The third-order valence-corrected chi connectivity index (χ3v) is 4.69. The van der Waals surface area contributed by atoms with Crippen LogP contribution >= 0.6 is 0 Å². The van der Waals surface area contributed by atoms with Crippen LogP contribution in [-0.2, 0) is 9.84 Å². The Kier molecular flexibility index (Phi) is 4.79. The Bertz CT molecular complexity index is 624. The standard InChI is InChI=1S/C13H19N3O4S/c1-21(19,20)12-6-2-5-11(13(12)16(17)18)15-9-10-4-3-7-14-8-10/h2,5-6,10,14-15H,3-4,7-9H2,1H3. The normalized spacial score (nSPS) is 19.2. The molecular weight excluding hydrogens is 294 g/mol. The lowest BCUT2D eigenvalue weighted by Crippen LogP contribution is -2.33. The highest BCUT2D eigenvalue weighted by Crippen LogP contribution is 2.32. The highest BCUT2D eigenvalue weighted by atomic mass is 32.2. The summed E-state index contributed by atoms with van der Waals surface area (Å²) >= 11 is 0. The van der Waals surface area contributed by atoms with E-state index in [0.29, 0.717) is 12.5 Å². The molecule has 1 unspecified atom stereocenters. The molecule has 0 saturated carbocycles. The second-order valence-corrected chi connectivity index (χ2v) is 7.26. The van der Waals surface area contributed by atoms with Gasteiger partial charge in [-0.2, -0.15) is 0 Å². The molecule has 2 N–H and O–H groups in total. The van der Waals surface area contributed by atoms with Crippen LogP contribution in [0.15, 0.2) is 23.1 Å². The van der Waals surface area contributed by atoms with Gasteiger partial charge in [-0.1, -0.05) is 6.07 Å². The molecule has 0 bridgehead atoms. The lowest BCUT2D eigenvalue weighted by atomic mass is 9.99. The summed E-state index contributed by atoms with van der Waals surface area (Å²) in [6.07, 6.45) is 3.11. The molecular formula is C13H19N3O4S. The van der Waals surface area contributed by atoms with Crippen molar-refractivity contribution < 1.29 is 13.3 Å². The Balaban J connectivity index is 2.24. The molecule has 0 aromatic heterocycles. The van der Waals surface area contributed by atoms with E-state index >= 15 is 0 Å². The van der Waals surface area contributed by atoms with Gasteiger partial charge < -0.3 is 10.6 Å². The number of anilines is 1. The summed E-state index contributed by atoms with van der Waals surface area (Å²) in [5, 5.41) is 17.5. The van der Waals surface area contributed by atoms with Crippen LogP contribution in [0.25, 0.3) is 0 Å². The number of hydrogen-bond donors (Lipinski definition) is 2. The van der Waals surface area contributed by atoms with Gasteiger partial charge in [0.25, 0.3) is 0 Å². The van der Waals surface area contributed by atoms with Crippen molar-refractivity contribution in [2.24, 2.45) is 5.92 Å². The summed E-state index contributed by atoms with van der Waals surface area (Å²) in [5.74, 6) is 0.389. The first-order valence-electron chi connectivity index (χ1n) is 6.81. The first-order valence-corrected chi connectivity index (χ1v) is 8.71. The molecule has 1 saturated heterocycles. The van der Waals surface area contributed by atoms with Gasteiger partial charge in [0.2, 0.25) is 0 Å². The fourth-order valence-corrected chi connectivity index (χ4v) is 3.37. The minimum atomic E-state index is -3.64. The Morgan fingerprint density at radius 3 is 2.81 bits per heavy atom. The maximum Gasteiger partial charge on any atom is 0.310 e. The first kappa shape index (κ1) is 15.7. The first-order chi connectivity index (χ1) is 9.89. The average Bonchev–Trinajstić information content (AvgIpc) is 2.44. The summed E-state index contributed by atoms with van der Waals surface area (Å²) in [6, 6.07) is 4.33. The van der Waals surface area contributed by atoms with E-state index in [1.54, 1.807) is 6.07 Å². The maximum absolute atomic E-state index is 11.7. The van der Waals surface area contributed by atoms with Crippen molar-refractivity contribution >= 4 is 21.2 Å². The molecule has 0 radical (unpaired) electrons. The van der Waals surface area contributed by atoms with Gasteiger partial charge in [-0.25, -0.2) is 8.42 Å². The molecule has 0 spiro atoms. The summed E-state index contributed by atoms with van der Waals surface area (Å²) in [5.41, 5.74) is -0.114. The second kappa shape index (κ2) is 6.40. The SMILES string of the molecule is CS(=O)(=O)c1cccc(NCC2CCCNC2)c1[N+](=O)[O-]. The molecule has 1 fully saturated rings. The van der Waals surface area contributed by atoms with E-state index in [0.717, 1.165) is 32.2 Å². The van der Waals surface area contributed by atoms with Gasteiger partial charge in [-0.15, -0.1) is 0 Å². The Morgan fingerprint density at radius 1 is 1.48 bits per heavy atom. The molecule has 1 atom stereocenters. The average molecular weight is 313 g/mol. The van der Waals surface area contributed by atoms with Gasteiger partial charge in [-0.3, -0.25) is 10.1 Å². The molecule has 2 rings (SSSR count). The number of hydrogen-bond acceptors (Lipinski definition) is 6. The van der Waals surface area contributed by atoms with E-state index in [2.05, 4.69) is 10.6 Å². The largest absolute Gasteiger partial charge is 0.379 e. The summed E-state index contributed by atoms with van der Waals surface area (Å²) in [4.78, 5) is 10.3. The van der Waals surface area contributed by atoms with Gasteiger partial charge >= 0.3 is 5.69 Å². The zero-order valence-electron chi connectivity index (χ0n) is 11.8. The zero-order chi connectivity index (χ0) is 15.5. The van der Waals surface area contributed by atoms with Gasteiger partial charge in [0, 0.05) is 12.8 Å². The Morgan fingerprint density at radius 2 is 2.24 bits per heavy atom. The minimum Gasteiger partial charge on any atom is -0.379 e. The molecule has 1 aliphatic rings. The van der Waals surface area contributed by atoms with Crippen LogP contribution in [0.4, 0.5) is 11.4 Å². The van der Waals surface area contributed by atoms with Gasteiger partial charge in [0.1, 0.15) is 10.6 Å². The van der Waals surface area contributed by atoms with Crippen molar-refractivity contribution in [3.8, 4) is 0 Å². The number of sulfone groups is 1. The van der Waals surface area contributed by atoms with Crippen LogP contribution in [0.1, 0.15) is 12.8 Å². The summed E-state index contributed by atoms with van der Waals surface area (Å²) in [7, 11) is -3.64.